The number of benzene rings is 2. The first-order valence-electron chi connectivity index (χ1n) is 14.3. The van der Waals surface area contributed by atoms with E-state index in [0.717, 1.165) is 17.5 Å². The molecule has 0 aliphatic carbocycles. The summed E-state index contributed by atoms with van der Waals surface area (Å²) in [6.45, 7) is 3.21. The van der Waals surface area contributed by atoms with Gasteiger partial charge in [-0.05, 0) is 60.4 Å². The number of carbonyl (C=O) groups is 2. The molecule has 0 spiro atoms. The second-order valence-electron chi connectivity index (χ2n) is 10.6. The number of pyridine rings is 1. The van der Waals surface area contributed by atoms with Crippen LogP contribution >= 0.6 is 0 Å². The van der Waals surface area contributed by atoms with Gasteiger partial charge in [-0.25, -0.2) is 0 Å². The van der Waals surface area contributed by atoms with Crippen molar-refractivity contribution in [3.8, 4) is 17.2 Å². The molecule has 1 fully saturated rings. The smallest absolute Gasteiger partial charge is 0.254 e. The maximum absolute atomic E-state index is 13.5. The molecule has 10 heteroatoms. The van der Waals surface area contributed by atoms with Gasteiger partial charge in [0.25, 0.3) is 5.91 Å². The molecule has 1 aromatic heterocycles. The first-order chi connectivity index (χ1) is 20.5. The Morgan fingerprint density at radius 1 is 1.07 bits per heavy atom. The van der Waals surface area contributed by atoms with Crippen LogP contribution in [0, 0.1) is 0 Å². The number of hydrogen-bond acceptors (Lipinski definition) is 8. The standard InChI is InChI=1S/C32H38N4O6/c1-39-16-4-14-35-19-23-7-8-29(40-2)30(18-23)42-26-6-3-5-24(17-26)22-41-28-11-15-36(20-27(28)34-31(37)21-35)32(38)25-9-12-33-13-10-25/h3,5-10,12-13,17-18,27-28H,4,11,14-16,19-22H2,1-2H3,(H,34,37)/t27-,28+/m0/s1. The topological polar surface area (TPSA) is 102 Å². The Hall–Kier alpha value is -3.99. The fourth-order valence-corrected chi connectivity index (χ4v) is 5.42. The van der Waals surface area contributed by atoms with Gasteiger partial charge < -0.3 is 29.2 Å². The third-order valence-corrected chi connectivity index (χ3v) is 7.52. The maximum Gasteiger partial charge on any atom is 0.254 e. The molecule has 0 radical (unpaired) electrons. The second kappa shape index (κ2) is 14.3. The summed E-state index contributed by atoms with van der Waals surface area (Å²) in [7, 11) is 3.29. The summed E-state index contributed by atoms with van der Waals surface area (Å²) in [6.07, 6.45) is 4.33. The van der Waals surface area contributed by atoms with E-state index < -0.39 is 0 Å². The lowest BCUT2D eigenvalue weighted by molar-refractivity contribution is -0.125. The van der Waals surface area contributed by atoms with Crippen molar-refractivity contribution in [1.82, 2.24) is 20.1 Å². The molecule has 0 saturated carbocycles. The van der Waals surface area contributed by atoms with Crippen molar-refractivity contribution in [3.63, 3.8) is 0 Å². The van der Waals surface area contributed by atoms with E-state index in [-0.39, 0.29) is 30.5 Å². The van der Waals surface area contributed by atoms with Crippen molar-refractivity contribution in [2.75, 3.05) is 47.0 Å². The average molecular weight is 575 g/mol. The number of aromatic nitrogens is 1. The maximum atomic E-state index is 13.5. The number of fused-ring (bicyclic) bond motifs is 5. The van der Waals surface area contributed by atoms with Crippen LogP contribution in [-0.4, -0.2) is 85.7 Å². The molecule has 3 heterocycles. The molecule has 10 nitrogen and oxygen atoms in total. The number of amides is 2. The van der Waals surface area contributed by atoms with E-state index in [2.05, 4.69) is 15.2 Å². The molecule has 0 unspecified atom stereocenters. The summed E-state index contributed by atoms with van der Waals surface area (Å²) in [5, 5.41) is 3.20. The molecule has 5 rings (SSSR count). The number of carbonyl (C=O) groups excluding carboxylic acids is 2. The van der Waals surface area contributed by atoms with Gasteiger partial charge in [-0.3, -0.25) is 19.5 Å². The summed E-state index contributed by atoms with van der Waals surface area (Å²) in [6, 6.07) is 16.6. The van der Waals surface area contributed by atoms with E-state index in [1.54, 1.807) is 43.6 Å². The Labute approximate surface area is 246 Å². The minimum atomic E-state index is -0.363. The fraction of sp³-hybridized carbons (Fsp3) is 0.406. The number of likely N-dealkylation sites (tertiary alicyclic amines) is 1. The summed E-state index contributed by atoms with van der Waals surface area (Å²) in [5.41, 5.74) is 2.51. The normalized spacial score (nSPS) is 19.8. The minimum absolute atomic E-state index is 0.0846. The van der Waals surface area contributed by atoms with Gasteiger partial charge in [-0.15, -0.1) is 0 Å². The van der Waals surface area contributed by atoms with E-state index >= 15 is 0 Å². The molecule has 2 aliphatic rings. The number of nitrogens with one attached hydrogen (secondary N) is 1. The highest BCUT2D eigenvalue weighted by Crippen LogP contribution is 2.33. The van der Waals surface area contributed by atoms with E-state index in [9.17, 15) is 9.59 Å². The number of piperidine rings is 1. The van der Waals surface area contributed by atoms with E-state index in [1.807, 2.05) is 42.5 Å². The van der Waals surface area contributed by atoms with Gasteiger partial charge in [-0.2, -0.15) is 0 Å². The van der Waals surface area contributed by atoms with Crippen LogP contribution in [-0.2, 0) is 27.4 Å². The van der Waals surface area contributed by atoms with Gasteiger partial charge in [0.05, 0.1) is 32.4 Å². The number of hydrogen-bond donors (Lipinski definition) is 1. The van der Waals surface area contributed by atoms with Crippen LogP contribution in [0.25, 0.3) is 0 Å². The lowest BCUT2D eigenvalue weighted by atomic mass is 10.0. The van der Waals surface area contributed by atoms with E-state index in [0.29, 0.717) is 68.6 Å². The highest BCUT2D eigenvalue weighted by atomic mass is 16.5. The lowest BCUT2D eigenvalue weighted by Gasteiger charge is -2.39. The van der Waals surface area contributed by atoms with Gasteiger partial charge in [0, 0.05) is 57.9 Å². The Balaban J connectivity index is 1.42. The molecule has 2 amide bonds. The number of nitrogens with zero attached hydrogens (tertiary/aromatic N) is 3. The molecule has 2 aliphatic heterocycles. The van der Waals surface area contributed by atoms with Crippen LogP contribution < -0.4 is 14.8 Å². The molecule has 42 heavy (non-hydrogen) atoms. The predicted molar refractivity (Wildman–Crippen MR) is 157 cm³/mol. The first-order valence-corrected chi connectivity index (χ1v) is 14.3. The minimum Gasteiger partial charge on any atom is -0.493 e. The van der Waals surface area contributed by atoms with Gasteiger partial charge in [0.1, 0.15) is 5.75 Å². The first kappa shape index (κ1) is 29.5. The Morgan fingerprint density at radius 3 is 2.74 bits per heavy atom. The number of ether oxygens (including phenoxy) is 4. The van der Waals surface area contributed by atoms with Crippen LogP contribution in [0.4, 0.5) is 0 Å². The molecule has 2 atom stereocenters. The quantitative estimate of drug-likeness (QED) is 0.446. The highest BCUT2D eigenvalue weighted by molar-refractivity contribution is 5.94. The Kier molecular flexibility index (Phi) is 10.0. The zero-order valence-electron chi connectivity index (χ0n) is 24.2. The molecule has 1 N–H and O–H groups in total. The van der Waals surface area contributed by atoms with Crippen LogP contribution in [0.5, 0.6) is 17.2 Å². The van der Waals surface area contributed by atoms with Crippen LogP contribution in [0.15, 0.2) is 67.0 Å². The molecule has 222 valence electrons. The second-order valence-corrected chi connectivity index (χ2v) is 10.6. The Bertz CT molecular complexity index is 1350. The van der Waals surface area contributed by atoms with Crippen LogP contribution in [0.2, 0.25) is 0 Å². The lowest BCUT2D eigenvalue weighted by Crippen LogP contribution is -2.58. The van der Waals surface area contributed by atoms with Gasteiger partial charge >= 0.3 is 0 Å². The van der Waals surface area contributed by atoms with Crippen molar-refractivity contribution in [3.05, 3.63) is 83.7 Å². The van der Waals surface area contributed by atoms with Crippen LogP contribution in [0.3, 0.4) is 0 Å². The van der Waals surface area contributed by atoms with Gasteiger partial charge in [0.15, 0.2) is 11.5 Å². The summed E-state index contributed by atoms with van der Waals surface area (Å²) < 4.78 is 23.5. The van der Waals surface area contributed by atoms with E-state index in [1.165, 1.54) is 0 Å². The van der Waals surface area contributed by atoms with E-state index in [4.69, 9.17) is 18.9 Å². The van der Waals surface area contributed by atoms with Gasteiger partial charge in [0.2, 0.25) is 5.91 Å². The molecular weight excluding hydrogens is 536 g/mol. The largest absolute Gasteiger partial charge is 0.493 e. The average Bonchev–Trinajstić information content (AvgIpc) is 3.00. The molecule has 2 aromatic carbocycles. The van der Waals surface area contributed by atoms with Crippen molar-refractivity contribution in [2.45, 2.75) is 38.1 Å². The fourth-order valence-electron chi connectivity index (χ4n) is 5.42. The molecular formula is C32H38N4O6. The third-order valence-electron chi connectivity index (χ3n) is 7.52. The zero-order valence-corrected chi connectivity index (χ0v) is 24.2. The number of rotatable bonds is 6. The monoisotopic (exact) mass is 574 g/mol. The van der Waals surface area contributed by atoms with Crippen LogP contribution in [0.1, 0.15) is 34.3 Å². The highest BCUT2D eigenvalue weighted by Gasteiger charge is 2.34. The van der Waals surface area contributed by atoms with Crippen molar-refractivity contribution in [1.29, 1.82) is 0 Å². The van der Waals surface area contributed by atoms with Crippen molar-refractivity contribution in [2.24, 2.45) is 0 Å². The molecule has 3 aromatic rings. The summed E-state index contributed by atoms with van der Waals surface area (Å²) in [4.78, 5) is 34.6. The Morgan fingerprint density at radius 2 is 1.93 bits per heavy atom. The zero-order chi connectivity index (χ0) is 29.3. The molecule has 1 saturated heterocycles. The SMILES string of the molecule is COCCCN1CC(=O)N[C@H]2CN(C(=O)c3ccncc3)CC[C@H]2OCc2cccc(c2)Oc2cc(ccc2OC)C1. The van der Waals surface area contributed by atoms with Crippen molar-refractivity contribution >= 4 is 11.8 Å². The van der Waals surface area contributed by atoms with Crippen molar-refractivity contribution < 1.29 is 28.5 Å². The summed E-state index contributed by atoms with van der Waals surface area (Å²) >= 11 is 0. The number of methoxy groups -OCH3 is 2. The van der Waals surface area contributed by atoms with Gasteiger partial charge in [-0.1, -0.05) is 18.2 Å². The third kappa shape index (κ3) is 7.64. The molecule has 4 bridgehead atoms. The predicted octanol–water partition coefficient (Wildman–Crippen LogP) is 3.65. The summed E-state index contributed by atoms with van der Waals surface area (Å²) in [5.74, 6) is 1.70.